The van der Waals surface area contributed by atoms with E-state index in [4.69, 9.17) is 16.3 Å². The van der Waals surface area contributed by atoms with Crippen LogP contribution in [0.25, 0.3) is 5.03 Å². The molecule has 1 aromatic rings. The van der Waals surface area contributed by atoms with Crippen molar-refractivity contribution in [1.82, 2.24) is 10.2 Å². The number of amides is 2. The van der Waals surface area contributed by atoms with Crippen LogP contribution in [0.2, 0.25) is 0 Å². The summed E-state index contributed by atoms with van der Waals surface area (Å²) in [6, 6.07) is 2.52. The first kappa shape index (κ1) is 26.3. The van der Waals surface area contributed by atoms with Gasteiger partial charge in [-0.05, 0) is 62.6 Å². The Balaban J connectivity index is 1.74. The number of alkyl halides is 3. The van der Waals surface area contributed by atoms with Crippen LogP contribution in [0, 0.1) is 5.92 Å². The molecule has 1 aliphatic heterocycles. The maximum absolute atomic E-state index is 13.5. The minimum Gasteiger partial charge on any atom is -0.507 e. The number of halogens is 4. The fourth-order valence-corrected chi connectivity index (χ4v) is 4.47. The number of allylic oxidation sites excluding steroid dienone is 1. The predicted octanol–water partition coefficient (Wildman–Crippen LogP) is 4.65. The summed E-state index contributed by atoms with van der Waals surface area (Å²) in [6.07, 6.45) is 0.121. The van der Waals surface area contributed by atoms with Crippen LogP contribution in [0.5, 0.6) is 5.75 Å². The highest BCUT2D eigenvalue weighted by Gasteiger charge is 2.37. The highest BCUT2D eigenvalue weighted by molar-refractivity contribution is 6.49. The lowest BCUT2D eigenvalue weighted by Gasteiger charge is -2.33. The minimum atomic E-state index is -4.70. The second-order valence-corrected chi connectivity index (χ2v) is 9.30. The van der Waals surface area contributed by atoms with Gasteiger partial charge in [0, 0.05) is 36.1 Å². The normalized spacial score (nSPS) is 20.2. The summed E-state index contributed by atoms with van der Waals surface area (Å²) in [4.78, 5) is 25.4. The molecule has 2 amide bonds. The van der Waals surface area contributed by atoms with Crippen LogP contribution in [0.15, 0.2) is 18.2 Å². The van der Waals surface area contributed by atoms with Crippen LogP contribution in [0.3, 0.4) is 0 Å². The Bertz CT molecular complexity index is 918. The Labute approximate surface area is 202 Å². The number of carbonyl (C=O) groups excluding carboxylic acids is 2. The molecule has 2 N–H and O–H groups in total. The maximum atomic E-state index is 13.5. The van der Waals surface area contributed by atoms with Gasteiger partial charge in [0.05, 0.1) is 18.3 Å². The summed E-state index contributed by atoms with van der Waals surface area (Å²) in [7, 11) is 0. The van der Waals surface area contributed by atoms with E-state index >= 15 is 0 Å². The third kappa shape index (κ3) is 6.88. The molecule has 0 aromatic heterocycles. The number of phenols is 1. The molecule has 2 atom stereocenters. The van der Waals surface area contributed by atoms with Crippen LogP contribution < -0.4 is 5.32 Å². The van der Waals surface area contributed by atoms with E-state index in [0.29, 0.717) is 57.5 Å². The van der Waals surface area contributed by atoms with Crippen LogP contribution in [0.1, 0.15) is 61.6 Å². The van der Waals surface area contributed by atoms with E-state index in [1.165, 1.54) is 6.07 Å². The average molecular weight is 503 g/mol. The second-order valence-electron chi connectivity index (χ2n) is 8.89. The van der Waals surface area contributed by atoms with Crippen molar-refractivity contribution >= 4 is 29.0 Å². The smallest absolute Gasteiger partial charge is 0.419 e. The standard InChI is InChI=1S/C24H30ClF3N2O4/c1-15-13-30(9-10-34-15)23(33)17(7-8-29-14-31)3-2-4-21(25)19-11-18(16-5-6-16)12-20(22(19)32)24(26,27)28/h4,11-12,14-17,32H,2-3,5-10,13H2,1H3,(H,29,31)/b21-4-. The van der Waals surface area contributed by atoms with Gasteiger partial charge < -0.3 is 20.1 Å². The Morgan fingerprint density at radius 2 is 2.09 bits per heavy atom. The van der Waals surface area contributed by atoms with Crippen molar-refractivity contribution in [2.45, 2.75) is 57.2 Å². The van der Waals surface area contributed by atoms with Crippen molar-refractivity contribution in [3.8, 4) is 5.75 Å². The first-order chi connectivity index (χ1) is 16.1. The van der Waals surface area contributed by atoms with E-state index in [0.717, 1.165) is 18.9 Å². The Morgan fingerprint density at radius 3 is 2.71 bits per heavy atom. The lowest BCUT2D eigenvalue weighted by atomic mass is 9.96. The first-order valence-corrected chi connectivity index (χ1v) is 11.9. The molecule has 3 rings (SSSR count). The number of morpholine rings is 1. The van der Waals surface area contributed by atoms with Gasteiger partial charge in [0.25, 0.3) is 0 Å². The molecule has 1 heterocycles. The molecular weight excluding hydrogens is 473 g/mol. The zero-order chi connectivity index (χ0) is 24.9. The molecule has 34 heavy (non-hydrogen) atoms. The molecule has 10 heteroatoms. The van der Waals surface area contributed by atoms with E-state index in [2.05, 4.69) is 5.32 Å². The third-order valence-corrected chi connectivity index (χ3v) is 6.56. The zero-order valence-corrected chi connectivity index (χ0v) is 19.8. The van der Waals surface area contributed by atoms with Crippen LogP contribution in [-0.2, 0) is 20.5 Å². The number of rotatable bonds is 10. The fourth-order valence-electron chi connectivity index (χ4n) is 4.21. The van der Waals surface area contributed by atoms with Crippen molar-refractivity contribution in [2.75, 3.05) is 26.2 Å². The lowest BCUT2D eigenvalue weighted by molar-refractivity contribution is -0.143. The fraction of sp³-hybridized carbons (Fsp3) is 0.583. The molecule has 1 saturated heterocycles. The molecular formula is C24H30ClF3N2O4. The van der Waals surface area contributed by atoms with E-state index in [-0.39, 0.29) is 28.5 Å². The first-order valence-electron chi connectivity index (χ1n) is 11.5. The topological polar surface area (TPSA) is 78.9 Å². The number of hydrogen-bond donors (Lipinski definition) is 2. The van der Waals surface area contributed by atoms with E-state index in [1.807, 2.05) is 6.92 Å². The van der Waals surface area contributed by atoms with Crippen molar-refractivity contribution in [3.05, 3.63) is 34.9 Å². The van der Waals surface area contributed by atoms with Crippen LogP contribution in [-0.4, -0.2) is 54.7 Å². The number of phenolic OH excluding ortho intramolecular Hbond substituents is 1. The molecule has 188 valence electrons. The van der Waals surface area contributed by atoms with Crippen molar-refractivity contribution in [3.63, 3.8) is 0 Å². The van der Waals surface area contributed by atoms with Gasteiger partial charge in [-0.1, -0.05) is 17.7 Å². The zero-order valence-electron chi connectivity index (χ0n) is 19.0. The Kier molecular flexibility index (Phi) is 8.87. The molecule has 2 aliphatic rings. The van der Waals surface area contributed by atoms with Gasteiger partial charge in [-0.2, -0.15) is 13.2 Å². The van der Waals surface area contributed by atoms with Crippen molar-refractivity contribution in [1.29, 1.82) is 0 Å². The quantitative estimate of drug-likeness (QED) is 0.360. The van der Waals surface area contributed by atoms with Gasteiger partial charge in [0.1, 0.15) is 5.75 Å². The number of ether oxygens (including phenoxy) is 1. The third-order valence-electron chi connectivity index (χ3n) is 6.20. The summed E-state index contributed by atoms with van der Waals surface area (Å²) >= 11 is 6.35. The molecule has 1 saturated carbocycles. The highest BCUT2D eigenvalue weighted by Crippen LogP contribution is 2.47. The average Bonchev–Trinajstić information content (AvgIpc) is 3.62. The van der Waals surface area contributed by atoms with Gasteiger partial charge in [-0.15, -0.1) is 0 Å². The molecule has 1 aliphatic carbocycles. The van der Waals surface area contributed by atoms with Gasteiger partial charge in [0.2, 0.25) is 12.3 Å². The monoisotopic (exact) mass is 502 g/mol. The SMILES string of the molecule is CC1CN(C(=O)C(CC/C=C(\Cl)c2cc(C3CC3)cc(C(F)(F)F)c2O)CCNC=O)CCO1. The molecule has 0 bridgehead atoms. The molecule has 1 aromatic carbocycles. The number of nitrogens with one attached hydrogen (secondary N) is 1. The highest BCUT2D eigenvalue weighted by atomic mass is 35.5. The summed E-state index contributed by atoms with van der Waals surface area (Å²) in [6.45, 7) is 3.64. The number of carbonyl (C=O) groups is 2. The van der Waals surface area contributed by atoms with Gasteiger partial charge in [-0.3, -0.25) is 9.59 Å². The lowest BCUT2D eigenvalue weighted by Crippen LogP contribution is -2.47. The van der Waals surface area contributed by atoms with Crippen LogP contribution >= 0.6 is 11.6 Å². The summed E-state index contributed by atoms with van der Waals surface area (Å²) in [5.74, 6) is -1.28. The van der Waals surface area contributed by atoms with Gasteiger partial charge in [0.15, 0.2) is 0 Å². The summed E-state index contributed by atoms with van der Waals surface area (Å²) < 4.78 is 45.8. The molecule has 2 unspecified atom stereocenters. The molecule has 6 nitrogen and oxygen atoms in total. The maximum Gasteiger partial charge on any atom is 0.419 e. The Morgan fingerprint density at radius 1 is 1.35 bits per heavy atom. The van der Waals surface area contributed by atoms with E-state index in [9.17, 15) is 27.9 Å². The minimum absolute atomic E-state index is 0.0164. The molecule has 0 spiro atoms. The second kappa shape index (κ2) is 11.4. The number of aromatic hydroxyl groups is 1. The van der Waals surface area contributed by atoms with Gasteiger partial charge in [-0.25, -0.2) is 0 Å². The molecule has 0 radical (unpaired) electrons. The summed E-state index contributed by atoms with van der Waals surface area (Å²) in [5.41, 5.74) is -0.625. The number of nitrogens with zero attached hydrogens (tertiary/aromatic N) is 1. The van der Waals surface area contributed by atoms with Crippen molar-refractivity contribution in [2.24, 2.45) is 5.92 Å². The molecule has 2 fully saturated rings. The largest absolute Gasteiger partial charge is 0.507 e. The van der Waals surface area contributed by atoms with Crippen LogP contribution in [0.4, 0.5) is 13.2 Å². The van der Waals surface area contributed by atoms with E-state index < -0.39 is 23.4 Å². The van der Waals surface area contributed by atoms with E-state index in [1.54, 1.807) is 11.0 Å². The summed E-state index contributed by atoms with van der Waals surface area (Å²) in [5, 5.41) is 12.9. The predicted molar refractivity (Wildman–Crippen MR) is 122 cm³/mol. The Hall–Kier alpha value is -2.26. The van der Waals surface area contributed by atoms with Gasteiger partial charge >= 0.3 is 6.18 Å². The number of benzene rings is 1. The van der Waals surface area contributed by atoms with Crippen molar-refractivity contribution < 1.29 is 32.6 Å². The number of hydrogen-bond acceptors (Lipinski definition) is 4.